The van der Waals surface area contributed by atoms with E-state index in [2.05, 4.69) is 10.2 Å². The number of hydrogen-bond acceptors (Lipinski definition) is 5. The topological polar surface area (TPSA) is 102 Å². The van der Waals surface area contributed by atoms with Crippen molar-refractivity contribution in [3.8, 4) is 11.1 Å². The van der Waals surface area contributed by atoms with Crippen LogP contribution in [0.15, 0.2) is 71.7 Å². The fraction of sp³-hybridized carbons (Fsp3) is 0.160. The van der Waals surface area contributed by atoms with Crippen molar-refractivity contribution in [2.45, 2.75) is 25.8 Å². The third-order valence-corrected chi connectivity index (χ3v) is 6.09. The number of rotatable bonds is 6. The second-order valence-electron chi connectivity index (χ2n) is 7.92. The van der Waals surface area contributed by atoms with Crippen LogP contribution in [-0.2, 0) is 17.6 Å². The Balaban J connectivity index is 1.67. The summed E-state index contributed by atoms with van der Waals surface area (Å²) in [6.45, 7) is 1.99. The summed E-state index contributed by atoms with van der Waals surface area (Å²) in [5, 5.41) is 23.7. The minimum absolute atomic E-state index is 0.0575. The molecule has 0 bridgehead atoms. The average molecular weight is 474 g/mol. The molecule has 0 aliphatic carbocycles. The van der Waals surface area contributed by atoms with Gasteiger partial charge in [-0.15, -0.1) is 10.2 Å². The van der Waals surface area contributed by atoms with Crippen LogP contribution in [0.5, 0.6) is 0 Å². The Morgan fingerprint density at radius 3 is 2.47 bits per heavy atom. The van der Waals surface area contributed by atoms with Gasteiger partial charge in [0.15, 0.2) is 11.2 Å². The maximum Gasteiger partial charge on any atom is 0.327 e. The first-order valence-electron chi connectivity index (χ1n) is 10.8. The first-order chi connectivity index (χ1) is 16.5. The number of carbonyl (C=O) groups is 1. The smallest absolute Gasteiger partial charge is 0.327 e. The summed E-state index contributed by atoms with van der Waals surface area (Å²) >= 11 is 6.05. The second kappa shape index (κ2) is 8.72. The molecule has 9 heteroatoms. The summed E-state index contributed by atoms with van der Waals surface area (Å²) in [4.78, 5) is 25.4. The van der Waals surface area contributed by atoms with Crippen molar-refractivity contribution >= 4 is 34.3 Å². The molecule has 0 saturated heterocycles. The highest BCUT2D eigenvalue weighted by molar-refractivity contribution is 6.30. The highest BCUT2D eigenvalue weighted by Gasteiger charge is 2.24. The van der Waals surface area contributed by atoms with Gasteiger partial charge in [0, 0.05) is 17.6 Å². The Labute approximate surface area is 199 Å². The van der Waals surface area contributed by atoms with Crippen LogP contribution in [-0.4, -0.2) is 35.5 Å². The minimum atomic E-state index is -1.10. The Kier molecular flexibility index (Phi) is 5.59. The SMILES string of the molecule is CCc1nn2c(nnc3c(=O)n(C(Cc4ccccc4)C(=O)O)ccc32)c1-c1ccc(Cl)cc1. The molecule has 8 nitrogen and oxygen atoms in total. The van der Waals surface area contributed by atoms with Gasteiger partial charge in [-0.05, 0) is 35.7 Å². The summed E-state index contributed by atoms with van der Waals surface area (Å²) in [6.07, 6.45) is 2.31. The fourth-order valence-corrected chi connectivity index (χ4v) is 4.28. The van der Waals surface area contributed by atoms with Gasteiger partial charge in [0.25, 0.3) is 5.56 Å². The second-order valence-corrected chi connectivity index (χ2v) is 8.36. The van der Waals surface area contributed by atoms with E-state index in [1.807, 2.05) is 49.4 Å². The summed E-state index contributed by atoms with van der Waals surface area (Å²) in [6, 6.07) is 17.2. The molecule has 2 aromatic carbocycles. The van der Waals surface area contributed by atoms with Crippen LogP contribution in [0.3, 0.4) is 0 Å². The van der Waals surface area contributed by atoms with Crippen molar-refractivity contribution in [2.24, 2.45) is 0 Å². The van der Waals surface area contributed by atoms with Crippen LogP contribution in [0.4, 0.5) is 0 Å². The number of aromatic nitrogens is 5. The molecule has 5 aromatic rings. The number of pyridine rings is 1. The zero-order valence-corrected chi connectivity index (χ0v) is 19.0. The molecular formula is C25H20ClN5O3. The van der Waals surface area contributed by atoms with E-state index in [1.54, 1.807) is 22.7 Å². The number of hydrogen-bond donors (Lipinski definition) is 1. The Bertz CT molecular complexity index is 1580. The Hall–Kier alpha value is -4.04. The van der Waals surface area contributed by atoms with Gasteiger partial charge in [0.1, 0.15) is 11.6 Å². The van der Waals surface area contributed by atoms with E-state index >= 15 is 0 Å². The van der Waals surface area contributed by atoms with Crippen LogP contribution in [0.2, 0.25) is 5.02 Å². The number of benzene rings is 2. The first-order valence-corrected chi connectivity index (χ1v) is 11.2. The number of carboxylic acid groups (broad SMARTS) is 1. The van der Waals surface area contributed by atoms with Crippen molar-refractivity contribution in [2.75, 3.05) is 0 Å². The molecular weight excluding hydrogens is 454 g/mol. The summed E-state index contributed by atoms with van der Waals surface area (Å²) in [5.74, 6) is -1.10. The molecule has 1 unspecified atom stereocenters. The van der Waals surface area contributed by atoms with Crippen molar-refractivity contribution in [3.63, 3.8) is 0 Å². The van der Waals surface area contributed by atoms with Crippen LogP contribution in [0.1, 0.15) is 24.2 Å². The number of fused-ring (bicyclic) bond motifs is 3. The molecule has 0 aliphatic rings. The molecule has 0 fully saturated rings. The van der Waals surface area contributed by atoms with E-state index in [0.717, 1.165) is 22.4 Å². The Morgan fingerprint density at radius 1 is 1.06 bits per heavy atom. The molecule has 3 heterocycles. The average Bonchev–Trinajstić information content (AvgIpc) is 3.23. The quantitative estimate of drug-likeness (QED) is 0.396. The lowest BCUT2D eigenvalue weighted by Crippen LogP contribution is -2.31. The number of aryl methyl sites for hydroxylation is 1. The first kappa shape index (κ1) is 21.8. The monoisotopic (exact) mass is 473 g/mol. The lowest BCUT2D eigenvalue weighted by molar-refractivity contribution is -0.141. The molecule has 0 spiro atoms. The van der Waals surface area contributed by atoms with Crippen LogP contribution in [0.25, 0.3) is 27.8 Å². The summed E-state index contributed by atoms with van der Waals surface area (Å²) < 4.78 is 2.80. The van der Waals surface area contributed by atoms with Crippen LogP contribution < -0.4 is 5.56 Å². The van der Waals surface area contributed by atoms with Gasteiger partial charge in [0.2, 0.25) is 0 Å². The highest BCUT2D eigenvalue weighted by atomic mass is 35.5. The number of carboxylic acids is 1. The molecule has 1 N–H and O–H groups in total. The molecule has 0 radical (unpaired) electrons. The summed E-state index contributed by atoms with van der Waals surface area (Å²) in [5.41, 5.74) is 3.85. The molecule has 0 saturated carbocycles. The van der Waals surface area contributed by atoms with E-state index in [9.17, 15) is 14.7 Å². The van der Waals surface area contributed by atoms with E-state index in [1.165, 1.54) is 10.8 Å². The zero-order valence-electron chi connectivity index (χ0n) is 18.2. The van der Waals surface area contributed by atoms with Crippen molar-refractivity contribution < 1.29 is 9.90 Å². The predicted molar refractivity (Wildman–Crippen MR) is 129 cm³/mol. The molecule has 3 aromatic heterocycles. The van der Waals surface area contributed by atoms with E-state index < -0.39 is 17.6 Å². The van der Waals surface area contributed by atoms with Crippen LogP contribution >= 0.6 is 11.6 Å². The molecule has 34 heavy (non-hydrogen) atoms. The fourth-order valence-electron chi connectivity index (χ4n) is 4.15. The van der Waals surface area contributed by atoms with Gasteiger partial charge in [-0.2, -0.15) is 5.10 Å². The van der Waals surface area contributed by atoms with Gasteiger partial charge in [-0.1, -0.05) is 61.0 Å². The number of nitrogens with zero attached hydrogens (tertiary/aromatic N) is 5. The normalized spacial score (nSPS) is 12.3. The molecule has 170 valence electrons. The van der Waals surface area contributed by atoms with Gasteiger partial charge in [-0.25, -0.2) is 9.31 Å². The predicted octanol–water partition coefficient (Wildman–Crippen LogP) is 4.19. The summed E-state index contributed by atoms with van der Waals surface area (Å²) in [7, 11) is 0. The largest absolute Gasteiger partial charge is 0.480 e. The number of halogens is 1. The maximum atomic E-state index is 13.3. The third-order valence-electron chi connectivity index (χ3n) is 5.84. The van der Waals surface area contributed by atoms with Crippen molar-refractivity contribution in [3.05, 3.63) is 93.5 Å². The van der Waals surface area contributed by atoms with E-state index in [-0.39, 0.29) is 11.9 Å². The maximum absolute atomic E-state index is 13.3. The lowest BCUT2D eigenvalue weighted by Gasteiger charge is -2.16. The van der Waals surface area contributed by atoms with E-state index in [0.29, 0.717) is 22.6 Å². The molecule has 0 amide bonds. The van der Waals surface area contributed by atoms with Gasteiger partial charge in [-0.3, -0.25) is 9.36 Å². The Morgan fingerprint density at radius 2 is 1.79 bits per heavy atom. The zero-order chi connectivity index (χ0) is 23.8. The van der Waals surface area contributed by atoms with Crippen molar-refractivity contribution in [1.29, 1.82) is 0 Å². The third kappa shape index (κ3) is 3.72. The van der Waals surface area contributed by atoms with Gasteiger partial charge >= 0.3 is 5.97 Å². The lowest BCUT2D eigenvalue weighted by atomic mass is 10.0. The number of aliphatic carboxylic acids is 1. The minimum Gasteiger partial charge on any atom is -0.480 e. The highest BCUT2D eigenvalue weighted by Crippen LogP contribution is 2.30. The molecule has 5 rings (SSSR count). The standard InChI is InChI=1S/C25H20ClN5O3/c1-2-18-21(16-8-10-17(26)11-9-16)23-28-27-22-19(31(23)29-18)12-13-30(24(22)32)20(25(33)34)14-15-6-4-3-5-7-15/h3-13,20H,2,14H2,1H3,(H,33,34). The van der Waals surface area contributed by atoms with Crippen molar-refractivity contribution in [1.82, 2.24) is 24.4 Å². The molecule has 1 atom stereocenters. The van der Waals surface area contributed by atoms with E-state index in [4.69, 9.17) is 16.7 Å². The van der Waals surface area contributed by atoms with Crippen LogP contribution in [0, 0.1) is 0 Å². The van der Waals surface area contributed by atoms with Gasteiger partial charge in [0.05, 0.1) is 11.3 Å². The molecule has 0 aliphatic heterocycles. The van der Waals surface area contributed by atoms with Gasteiger partial charge < -0.3 is 5.11 Å².